The molecular weight excluding hydrogens is 240 g/mol. The predicted octanol–water partition coefficient (Wildman–Crippen LogP) is 1.96. The molecule has 0 radical (unpaired) electrons. The number of rotatable bonds is 2. The minimum Gasteiger partial charge on any atom is -0.397 e. The van der Waals surface area contributed by atoms with E-state index in [9.17, 15) is 4.79 Å². The topological polar surface area (TPSA) is 80.9 Å². The van der Waals surface area contributed by atoms with Gasteiger partial charge in [0.15, 0.2) is 5.69 Å². The molecule has 86 valence electrons. The van der Waals surface area contributed by atoms with Crippen molar-refractivity contribution in [1.29, 1.82) is 0 Å². The highest BCUT2D eigenvalue weighted by atomic mass is 35.5. The molecule has 2 aromatic rings. The summed E-state index contributed by atoms with van der Waals surface area (Å²) in [5.41, 5.74) is 6.11. The zero-order valence-corrected chi connectivity index (χ0v) is 9.48. The standard InChI is InChI=1S/C11H9ClN4O/c12-7-3-5-14-9(6-7)16-11(17)10-8(13)2-1-4-15-10/h1-6H,13H2,(H,14,16,17). The molecule has 0 aliphatic carbocycles. The Morgan fingerprint density at radius 1 is 1.29 bits per heavy atom. The van der Waals surface area contributed by atoms with Gasteiger partial charge in [0.05, 0.1) is 5.69 Å². The summed E-state index contributed by atoms with van der Waals surface area (Å²) in [7, 11) is 0. The number of nitrogens with zero attached hydrogens (tertiary/aromatic N) is 2. The Hall–Kier alpha value is -2.14. The molecule has 1 amide bonds. The van der Waals surface area contributed by atoms with Crippen LogP contribution in [0.15, 0.2) is 36.7 Å². The molecule has 6 heteroatoms. The quantitative estimate of drug-likeness (QED) is 0.851. The summed E-state index contributed by atoms with van der Waals surface area (Å²) in [6, 6.07) is 6.42. The SMILES string of the molecule is Nc1cccnc1C(=O)Nc1cc(Cl)ccn1. The molecule has 2 aromatic heterocycles. The molecule has 0 unspecified atom stereocenters. The number of amides is 1. The van der Waals surface area contributed by atoms with Gasteiger partial charge in [-0.25, -0.2) is 9.97 Å². The van der Waals surface area contributed by atoms with E-state index in [-0.39, 0.29) is 5.69 Å². The van der Waals surface area contributed by atoms with Crippen LogP contribution in [-0.4, -0.2) is 15.9 Å². The van der Waals surface area contributed by atoms with Gasteiger partial charge in [-0.3, -0.25) is 4.79 Å². The number of hydrogen-bond acceptors (Lipinski definition) is 4. The van der Waals surface area contributed by atoms with Crippen LogP contribution in [0.1, 0.15) is 10.5 Å². The third-order valence-corrected chi connectivity index (χ3v) is 2.25. The first-order chi connectivity index (χ1) is 8.16. The Balaban J connectivity index is 2.20. The summed E-state index contributed by atoms with van der Waals surface area (Å²) in [5.74, 6) is -0.0644. The zero-order valence-electron chi connectivity index (χ0n) is 8.72. The van der Waals surface area contributed by atoms with E-state index in [1.54, 1.807) is 24.3 Å². The van der Waals surface area contributed by atoms with Crippen molar-refractivity contribution < 1.29 is 4.79 Å². The molecule has 17 heavy (non-hydrogen) atoms. The number of nitrogens with two attached hydrogens (primary N) is 1. The summed E-state index contributed by atoms with van der Waals surface area (Å²) >= 11 is 5.77. The van der Waals surface area contributed by atoms with Crippen molar-refractivity contribution in [2.45, 2.75) is 0 Å². The van der Waals surface area contributed by atoms with Gasteiger partial charge in [0.2, 0.25) is 0 Å². The van der Waals surface area contributed by atoms with Gasteiger partial charge in [-0.1, -0.05) is 11.6 Å². The zero-order chi connectivity index (χ0) is 12.3. The van der Waals surface area contributed by atoms with Crippen LogP contribution in [-0.2, 0) is 0 Å². The molecule has 0 aliphatic rings. The van der Waals surface area contributed by atoms with Crippen molar-refractivity contribution in [3.63, 3.8) is 0 Å². The van der Waals surface area contributed by atoms with Crippen molar-refractivity contribution in [2.75, 3.05) is 11.1 Å². The molecule has 2 rings (SSSR count). The Morgan fingerprint density at radius 2 is 2.12 bits per heavy atom. The van der Waals surface area contributed by atoms with Gasteiger partial charge < -0.3 is 11.1 Å². The van der Waals surface area contributed by atoms with E-state index in [1.165, 1.54) is 12.4 Å². The fraction of sp³-hybridized carbons (Fsp3) is 0. The summed E-state index contributed by atoms with van der Waals surface area (Å²) in [5, 5.41) is 3.05. The molecule has 0 saturated heterocycles. The van der Waals surface area contributed by atoms with Crippen molar-refractivity contribution in [1.82, 2.24) is 9.97 Å². The van der Waals surface area contributed by atoms with E-state index >= 15 is 0 Å². The summed E-state index contributed by atoms with van der Waals surface area (Å²) < 4.78 is 0. The van der Waals surface area contributed by atoms with Crippen LogP contribution in [0.2, 0.25) is 5.02 Å². The largest absolute Gasteiger partial charge is 0.397 e. The Morgan fingerprint density at radius 3 is 2.82 bits per heavy atom. The fourth-order valence-corrected chi connectivity index (χ4v) is 1.42. The van der Waals surface area contributed by atoms with E-state index in [0.29, 0.717) is 16.5 Å². The van der Waals surface area contributed by atoms with Crippen molar-refractivity contribution in [2.24, 2.45) is 0 Å². The van der Waals surface area contributed by atoms with E-state index in [0.717, 1.165) is 0 Å². The third-order valence-electron chi connectivity index (χ3n) is 2.02. The number of pyridine rings is 2. The second-order valence-corrected chi connectivity index (χ2v) is 3.69. The number of nitrogens with one attached hydrogen (secondary N) is 1. The first kappa shape index (κ1) is 11.3. The molecule has 0 spiro atoms. The lowest BCUT2D eigenvalue weighted by Gasteiger charge is -2.05. The summed E-state index contributed by atoms with van der Waals surface area (Å²) in [4.78, 5) is 19.7. The molecule has 0 fully saturated rings. The van der Waals surface area contributed by atoms with Gasteiger partial charge in [-0.05, 0) is 24.3 Å². The molecule has 0 bridgehead atoms. The lowest BCUT2D eigenvalue weighted by atomic mass is 10.3. The smallest absolute Gasteiger partial charge is 0.277 e. The second kappa shape index (κ2) is 4.80. The summed E-state index contributed by atoms with van der Waals surface area (Å²) in [6.45, 7) is 0. The van der Waals surface area contributed by atoms with Crippen molar-refractivity contribution in [3.8, 4) is 0 Å². The van der Waals surface area contributed by atoms with Gasteiger partial charge >= 0.3 is 0 Å². The third kappa shape index (κ3) is 2.70. The fourth-order valence-electron chi connectivity index (χ4n) is 1.26. The van der Waals surface area contributed by atoms with Gasteiger partial charge in [0.1, 0.15) is 5.82 Å². The Labute approximate surface area is 103 Å². The summed E-state index contributed by atoms with van der Waals surface area (Å²) in [6.07, 6.45) is 3.00. The molecule has 3 N–H and O–H groups in total. The number of nitrogen functional groups attached to an aromatic ring is 1. The predicted molar refractivity (Wildman–Crippen MR) is 65.8 cm³/mol. The molecule has 2 heterocycles. The number of halogens is 1. The van der Waals surface area contributed by atoms with Gasteiger partial charge in [-0.15, -0.1) is 0 Å². The molecule has 5 nitrogen and oxygen atoms in total. The van der Waals surface area contributed by atoms with Crippen LogP contribution in [0.4, 0.5) is 11.5 Å². The number of anilines is 2. The second-order valence-electron chi connectivity index (χ2n) is 3.25. The monoisotopic (exact) mass is 248 g/mol. The van der Waals surface area contributed by atoms with Crippen LogP contribution in [0.5, 0.6) is 0 Å². The highest BCUT2D eigenvalue weighted by molar-refractivity contribution is 6.30. The van der Waals surface area contributed by atoms with Crippen LogP contribution >= 0.6 is 11.6 Å². The Bertz CT molecular complexity index is 559. The molecule has 0 aliphatic heterocycles. The molecule has 0 saturated carbocycles. The maximum absolute atomic E-state index is 11.8. The van der Waals surface area contributed by atoms with Crippen molar-refractivity contribution in [3.05, 3.63) is 47.4 Å². The first-order valence-electron chi connectivity index (χ1n) is 4.80. The number of carbonyl (C=O) groups excluding carboxylic acids is 1. The van der Waals surface area contributed by atoms with Gasteiger partial charge in [0.25, 0.3) is 5.91 Å². The normalized spacial score (nSPS) is 9.94. The van der Waals surface area contributed by atoms with E-state index in [1.807, 2.05) is 0 Å². The average molecular weight is 249 g/mol. The van der Waals surface area contributed by atoms with Crippen LogP contribution in [0.25, 0.3) is 0 Å². The van der Waals surface area contributed by atoms with Crippen molar-refractivity contribution >= 4 is 29.0 Å². The maximum atomic E-state index is 11.8. The Kier molecular flexibility index (Phi) is 3.20. The highest BCUT2D eigenvalue weighted by Crippen LogP contribution is 2.14. The van der Waals surface area contributed by atoms with Crippen LogP contribution in [0.3, 0.4) is 0 Å². The van der Waals surface area contributed by atoms with E-state index in [2.05, 4.69) is 15.3 Å². The van der Waals surface area contributed by atoms with E-state index in [4.69, 9.17) is 17.3 Å². The van der Waals surface area contributed by atoms with Gasteiger partial charge in [0, 0.05) is 17.4 Å². The lowest BCUT2D eigenvalue weighted by molar-refractivity contribution is 0.102. The lowest BCUT2D eigenvalue weighted by Crippen LogP contribution is -2.16. The maximum Gasteiger partial charge on any atom is 0.277 e. The molecule has 0 atom stereocenters. The molecule has 0 aromatic carbocycles. The van der Waals surface area contributed by atoms with Crippen LogP contribution < -0.4 is 11.1 Å². The van der Waals surface area contributed by atoms with E-state index < -0.39 is 5.91 Å². The highest BCUT2D eigenvalue weighted by Gasteiger charge is 2.11. The number of hydrogen-bond donors (Lipinski definition) is 2. The van der Waals surface area contributed by atoms with Gasteiger partial charge in [-0.2, -0.15) is 0 Å². The minimum atomic E-state index is -0.419. The number of aromatic nitrogens is 2. The molecular formula is C11H9ClN4O. The average Bonchev–Trinajstić information content (AvgIpc) is 2.29. The number of carbonyl (C=O) groups is 1. The minimum absolute atomic E-state index is 0.161. The first-order valence-corrected chi connectivity index (χ1v) is 5.18. The van der Waals surface area contributed by atoms with Crippen LogP contribution in [0, 0.1) is 0 Å².